The van der Waals surface area contributed by atoms with E-state index in [-0.39, 0.29) is 11.4 Å². The molecule has 2 heterocycles. The zero-order chi connectivity index (χ0) is 18.1. The van der Waals surface area contributed by atoms with Gasteiger partial charge in [-0.15, -0.1) is 0 Å². The van der Waals surface area contributed by atoms with Crippen molar-refractivity contribution < 1.29 is 4.79 Å². The molecule has 1 aliphatic rings. The van der Waals surface area contributed by atoms with Crippen molar-refractivity contribution >= 4 is 17.1 Å². The lowest BCUT2D eigenvalue weighted by Gasteiger charge is -2.23. The highest BCUT2D eigenvalue weighted by molar-refractivity contribution is 5.82. The summed E-state index contributed by atoms with van der Waals surface area (Å²) < 4.78 is 3.90. The molecule has 0 saturated heterocycles. The first kappa shape index (κ1) is 17.4. The van der Waals surface area contributed by atoms with Crippen LogP contribution < -0.4 is 16.6 Å². The summed E-state index contributed by atoms with van der Waals surface area (Å²) in [7, 11) is 2.99. The summed E-state index contributed by atoms with van der Waals surface area (Å²) in [6.45, 7) is 2.41. The Hall–Kier alpha value is -2.38. The number of aromatic nitrogens is 4. The van der Waals surface area contributed by atoms with Gasteiger partial charge in [0.1, 0.15) is 6.04 Å². The molecule has 0 aliphatic heterocycles. The molecule has 1 amide bonds. The van der Waals surface area contributed by atoms with Crippen LogP contribution in [0.3, 0.4) is 0 Å². The summed E-state index contributed by atoms with van der Waals surface area (Å²) in [6.07, 6.45) is 7.51. The lowest BCUT2D eigenvalue weighted by molar-refractivity contribution is -0.124. The van der Waals surface area contributed by atoms with Crippen LogP contribution in [0.5, 0.6) is 0 Å². The molecule has 0 aromatic carbocycles. The average molecular weight is 347 g/mol. The van der Waals surface area contributed by atoms with Crippen LogP contribution in [0.1, 0.15) is 45.1 Å². The number of fused-ring (bicyclic) bond motifs is 1. The zero-order valence-electron chi connectivity index (χ0n) is 15.0. The Labute approximate surface area is 145 Å². The molecular weight excluding hydrogens is 322 g/mol. The van der Waals surface area contributed by atoms with Gasteiger partial charge in [-0.05, 0) is 25.7 Å². The van der Waals surface area contributed by atoms with Gasteiger partial charge in [0.25, 0.3) is 5.56 Å². The number of nitrogens with one attached hydrogen (secondary N) is 1. The highest BCUT2D eigenvalue weighted by Crippen LogP contribution is 2.23. The summed E-state index contributed by atoms with van der Waals surface area (Å²) in [5, 5.41) is 3.00. The number of nitrogens with zero attached hydrogens (tertiary/aromatic N) is 4. The van der Waals surface area contributed by atoms with Crippen LogP contribution in [0.25, 0.3) is 11.2 Å². The Morgan fingerprint density at radius 2 is 1.92 bits per heavy atom. The SMILES string of the molecule is C[C@@H](C(=O)NCC1CCCCC1)n1cnc2c1c(=O)n(C)c(=O)n2C. The van der Waals surface area contributed by atoms with Crippen molar-refractivity contribution in [3.8, 4) is 0 Å². The van der Waals surface area contributed by atoms with E-state index in [1.807, 2.05) is 0 Å². The smallest absolute Gasteiger partial charge is 0.332 e. The quantitative estimate of drug-likeness (QED) is 0.881. The molecule has 8 heteroatoms. The fraction of sp³-hybridized carbons (Fsp3) is 0.647. The molecule has 1 aliphatic carbocycles. The third-order valence-electron chi connectivity index (χ3n) is 5.26. The fourth-order valence-electron chi connectivity index (χ4n) is 3.57. The number of carbonyl (C=O) groups excluding carboxylic acids is 1. The fourth-order valence-corrected chi connectivity index (χ4v) is 3.57. The first-order chi connectivity index (χ1) is 11.9. The van der Waals surface area contributed by atoms with Gasteiger partial charge in [-0.25, -0.2) is 9.78 Å². The van der Waals surface area contributed by atoms with Crippen molar-refractivity contribution in [3.05, 3.63) is 27.2 Å². The predicted molar refractivity (Wildman–Crippen MR) is 94.5 cm³/mol. The van der Waals surface area contributed by atoms with Crippen LogP contribution in [-0.4, -0.2) is 31.1 Å². The van der Waals surface area contributed by atoms with Gasteiger partial charge in [0.05, 0.1) is 6.33 Å². The van der Waals surface area contributed by atoms with E-state index < -0.39 is 17.3 Å². The van der Waals surface area contributed by atoms with Crippen LogP contribution >= 0.6 is 0 Å². The number of hydrogen-bond acceptors (Lipinski definition) is 4. The molecule has 25 heavy (non-hydrogen) atoms. The maximum atomic E-state index is 12.5. The van der Waals surface area contributed by atoms with E-state index in [0.717, 1.165) is 17.4 Å². The molecule has 1 fully saturated rings. The summed E-state index contributed by atoms with van der Waals surface area (Å²) in [4.78, 5) is 41.2. The van der Waals surface area contributed by atoms with E-state index in [1.54, 1.807) is 18.5 Å². The average Bonchev–Trinajstić information content (AvgIpc) is 3.08. The van der Waals surface area contributed by atoms with Crippen molar-refractivity contribution in [1.82, 2.24) is 24.0 Å². The van der Waals surface area contributed by atoms with Crippen LogP contribution in [0, 0.1) is 5.92 Å². The molecule has 0 bridgehead atoms. The van der Waals surface area contributed by atoms with E-state index >= 15 is 0 Å². The summed E-state index contributed by atoms with van der Waals surface area (Å²) in [5.41, 5.74) is -0.315. The van der Waals surface area contributed by atoms with E-state index in [9.17, 15) is 14.4 Å². The monoisotopic (exact) mass is 347 g/mol. The molecule has 1 N–H and O–H groups in total. The van der Waals surface area contributed by atoms with Gasteiger partial charge in [0.2, 0.25) is 5.91 Å². The maximum absolute atomic E-state index is 12.5. The largest absolute Gasteiger partial charge is 0.354 e. The lowest BCUT2D eigenvalue weighted by Crippen LogP contribution is -2.39. The van der Waals surface area contributed by atoms with Gasteiger partial charge >= 0.3 is 5.69 Å². The standard InChI is InChI=1S/C17H25N5O3/c1-11(15(23)18-9-12-7-5-4-6-8-12)22-10-19-14-13(22)16(24)21(3)17(25)20(14)2/h10-12H,4-9H2,1-3H3,(H,18,23)/t11-/m0/s1. The molecule has 2 aromatic rings. The number of aryl methyl sites for hydroxylation is 1. The van der Waals surface area contributed by atoms with Gasteiger partial charge in [-0.3, -0.25) is 18.7 Å². The summed E-state index contributed by atoms with van der Waals surface area (Å²) in [6, 6.07) is -0.571. The first-order valence-corrected chi connectivity index (χ1v) is 8.82. The minimum absolute atomic E-state index is 0.138. The van der Waals surface area contributed by atoms with Gasteiger partial charge in [-0.1, -0.05) is 19.3 Å². The molecule has 0 radical (unpaired) electrons. The number of rotatable bonds is 4. The van der Waals surface area contributed by atoms with Gasteiger partial charge in [-0.2, -0.15) is 0 Å². The van der Waals surface area contributed by atoms with Crippen molar-refractivity contribution in [3.63, 3.8) is 0 Å². The summed E-state index contributed by atoms with van der Waals surface area (Å²) >= 11 is 0. The highest BCUT2D eigenvalue weighted by Gasteiger charge is 2.22. The number of amides is 1. The molecule has 136 valence electrons. The summed E-state index contributed by atoms with van der Waals surface area (Å²) in [5.74, 6) is 0.402. The van der Waals surface area contributed by atoms with Crippen molar-refractivity contribution in [2.75, 3.05) is 6.54 Å². The molecule has 2 aromatic heterocycles. The second-order valence-electron chi connectivity index (χ2n) is 6.95. The zero-order valence-corrected chi connectivity index (χ0v) is 15.0. The molecule has 1 saturated carbocycles. The molecule has 8 nitrogen and oxygen atoms in total. The highest BCUT2D eigenvalue weighted by atomic mass is 16.2. The van der Waals surface area contributed by atoms with E-state index in [0.29, 0.717) is 18.1 Å². The van der Waals surface area contributed by atoms with E-state index in [2.05, 4.69) is 10.3 Å². The van der Waals surface area contributed by atoms with Crippen LogP contribution in [-0.2, 0) is 18.9 Å². The normalized spacial score (nSPS) is 16.9. The molecule has 0 unspecified atom stereocenters. The first-order valence-electron chi connectivity index (χ1n) is 8.82. The molecular formula is C17H25N5O3. The van der Waals surface area contributed by atoms with Crippen LogP contribution in [0.2, 0.25) is 0 Å². The Bertz CT molecular complexity index is 901. The van der Waals surface area contributed by atoms with Gasteiger partial charge in [0, 0.05) is 20.6 Å². The molecule has 0 spiro atoms. The Kier molecular flexibility index (Phi) is 4.78. The number of hydrogen-bond donors (Lipinski definition) is 1. The Morgan fingerprint density at radius 1 is 1.24 bits per heavy atom. The maximum Gasteiger partial charge on any atom is 0.332 e. The Balaban J connectivity index is 1.84. The third-order valence-corrected chi connectivity index (χ3v) is 5.26. The van der Waals surface area contributed by atoms with Crippen LogP contribution in [0.15, 0.2) is 15.9 Å². The number of imidazole rings is 1. The van der Waals surface area contributed by atoms with Crippen molar-refractivity contribution in [2.24, 2.45) is 20.0 Å². The second-order valence-corrected chi connectivity index (χ2v) is 6.95. The lowest BCUT2D eigenvalue weighted by atomic mass is 9.89. The number of carbonyl (C=O) groups is 1. The molecule has 1 atom stereocenters. The minimum atomic E-state index is -0.571. The second kappa shape index (κ2) is 6.85. The minimum Gasteiger partial charge on any atom is -0.354 e. The topological polar surface area (TPSA) is 90.9 Å². The third kappa shape index (κ3) is 3.12. The van der Waals surface area contributed by atoms with E-state index in [1.165, 1.54) is 37.2 Å². The predicted octanol–water partition coefficient (Wildman–Crippen LogP) is 0.691. The van der Waals surface area contributed by atoms with Crippen molar-refractivity contribution in [1.29, 1.82) is 0 Å². The Morgan fingerprint density at radius 3 is 2.60 bits per heavy atom. The van der Waals surface area contributed by atoms with E-state index in [4.69, 9.17) is 0 Å². The van der Waals surface area contributed by atoms with Gasteiger partial charge in [0.15, 0.2) is 11.2 Å². The molecule has 3 rings (SSSR count). The van der Waals surface area contributed by atoms with Gasteiger partial charge < -0.3 is 9.88 Å². The van der Waals surface area contributed by atoms with Crippen LogP contribution in [0.4, 0.5) is 0 Å². The van der Waals surface area contributed by atoms with Crippen molar-refractivity contribution in [2.45, 2.75) is 45.1 Å².